The Bertz CT molecular complexity index is 357. The molecule has 0 bridgehead atoms. The SMILES string of the molecule is CCO[Si](CC)(OCC)c1ccccc1C(C)C. The first-order chi connectivity index (χ1) is 8.61. The Morgan fingerprint density at radius 1 is 1.00 bits per heavy atom. The number of hydrogen-bond donors (Lipinski definition) is 0. The molecule has 3 heteroatoms. The van der Waals surface area contributed by atoms with E-state index in [0.717, 1.165) is 6.04 Å². The molecule has 0 spiro atoms. The molecule has 0 aliphatic heterocycles. The van der Waals surface area contributed by atoms with E-state index in [4.69, 9.17) is 8.85 Å². The number of benzene rings is 1. The molecule has 0 amide bonds. The monoisotopic (exact) mass is 266 g/mol. The Morgan fingerprint density at radius 2 is 1.56 bits per heavy atom. The minimum absolute atomic E-state index is 0.500. The molecule has 0 atom stereocenters. The van der Waals surface area contributed by atoms with Crippen molar-refractivity contribution >= 4 is 13.7 Å². The van der Waals surface area contributed by atoms with Crippen molar-refractivity contribution in [2.24, 2.45) is 0 Å². The van der Waals surface area contributed by atoms with Gasteiger partial charge in [0.25, 0.3) is 0 Å². The summed E-state index contributed by atoms with van der Waals surface area (Å²) in [7, 11) is -2.25. The Kier molecular flexibility index (Phi) is 6.06. The van der Waals surface area contributed by atoms with Gasteiger partial charge in [0.2, 0.25) is 0 Å². The van der Waals surface area contributed by atoms with Gasteiger partial charge >= 0.3 is 8.56 Å². The average molecular weight is 266 g/mol. The van der Waals surface area contributed by atoms with Crippen LogP contribution in [0.5, 0.6) is 0 Å². The van der Waals surface area contributed by atoms with Crippen LogP contribution in [0.3, 0.4) is 0 Å². The summed E-state index contributed by atoms with van der Waals surface area (Å²) in [5.41, 5.74) is 1.37. The zero-order valence-corrected chi connectivity index (χ0v) is 13.3. The molecule has 0 saturated carbocycles. The van der Waals surface area contributed by atoms with Gasteiger partial charge in [-0.3, -0.25) is 0 Å². The van der Waals surface area contributed by atoms with Gasteiger partial charge in [0.1, 0.15) is 0 Å². The molecule has 0 N–H and O–H groups in total. The summed E-state index contributed by atoms with van der Waals surface area (Å²) in [5.74, 6) is 0.500. The van der Waals surface area contributed by atoms with Crippen LogP contribution in [-0.4, -0.2) is 21.8 Å². The van der Waals surface area contributed by atoms with E-state index in [1.165, 1.54) is 10.8 Å². The molecular weight excluding hydrogens is 240 g/mol. The van der Waals surface area contributed by atoms with Gasteiger partial charge in [-0.05, 0) is 36.6 Å². The Labute approximate surface area is 113 Å². The van der Waals surface area contributed by atoms with Crippen molar-refractivity contribution in [3.63, 3.8) is 0 Å². The van der Waals surface area contributed by atoms with Crippen molar-refractivity contribution in [1.29, 1.82) is 0 Å². The molecule has 2 nitrogen and oxygen atoms in total. The fourth-order valence-electron chi connectivity index (χ4n) is 2.41. The first kappa shape index (κ1) is 15.4. The smallest absolute Gasteiger partial charge is 0.372 e. The van der Waals surface area contributed by atoms with Gasteiger partial charge in [-0.2, -0.15) is 0 Å². The largest absolute Gasteiger partial charge is 0.391 e. The lowest BCUT2D eigenvalue weighted by atomic mass is 10.0. The van der Waals surface area contributed by atoms with Gasteiger partial charge in [-0.15, -0.1) is 0 Å². The summed E-state index contributed by atoms with van der Waals surface area (Å²) < 4.78 is 12.2. The van der Waals surface area contributed by atoms with E-state index in [9.17, 15) is 0 Å². The molecule has 0 radical (unpaired) electrons. The van der Waals surface area contributed by atoms with Crippen molar-refractivity contribution in [3.05, 3.63) is 29.8 Å². The normalized spacial score (nSPS) is 12.1. The molecule has 18 heavy (non-hydrogen) atoms. The molecule has 1 rings (SSSR count). The zero-order chi connectivity index (χ0) is 13.6. The van der Waals surface area contributed by atoms with Crippen LogP contribution >= 0.6 is 0 Å². The van der Waals surface area contributed by atoms with Crippen molar-refractivity contribution < 1.29 is 8.85 Å². The van der Waals surface area contributed by atoms with Crippen molar-refractivity contribution in [2.45, 2.75) is 46.6 Å². The molecule has 1 aromatic rings. The van der Waals surface area contributed by atoms with Gasteiger partial charge in [0.05, 0.1) is 0 Å². The van der Waals surface area contributed by atoms with Gasteiger partial charge in [0, 0.05) is 13.2 Å². The molecule has 102 valence electrons. The van der Waals surface area contributed by atoms with Crippen LogP contribution in [-0.2, 0) is 8.85 Å². The molecular formula is C15H26O2Si. The van der Waals surface area contributed by atoms with E-state index < -0.39 is 8.56 Å². The summed E-state index contributed by atoms with van der Waals surface area (Å²) in [4.78, 5) is 0. The van der Waals surface area contributed by atoms with Crippen LogP contribution in [0, 0.1) is 0 Å². The predicted molar refractivity (Wildman–Crippen MR) is 79.7 cm³/mol. The predicted octanol–water partition coefficient (Wildman–Crippen LogP) is 3.55. The van der Waals surface area contributed by atoms with E-state index in [1.54, 1.807) is 0 Å². The number of hydrogen-bond acceptors (Lipinski definition) is 2. The van der Waals surface area contributed by atoms with E-state index in [2.05, 4.69) is 58.9 Å². The zero-order valence-electron chi connectivity index (χ0n) is 12.3. The van der Waals surface area contributed by atoms with E-state index in [0.29, 0.717) is 19.1 Å². The van der Waals surface area contributed by atoms with Gasteiger partial charge in [0.15, 0.2) is 0 Å². The summed E-state index contributed by atoms with van der Waals surface area (Å²) in [6.07, 6.45) is 0. The van der Waals surface area contributed by atoms with E-state index >= 15 is 0 Å². The van der Waals surface area contributed by atoms with Crippen LogP contribution < -0.4 is 5.19 Å². The Hall–Kier alpha value is -0.643. The lowest BCUT2D eigenvalue weighted by molar-refractivity contribution is 0.196. The fraction of sp³-hybridized carbons (Fsp3) is 0.600. The Balaban J connectivity index is 3.27. The van der Waals surface area contributed by atoms with Crippen LogP contribution in [0.1, 0.15) is 46.1 Å². The highest BCUT2D eigenvalue weighted by Crippen LogP contribution is 2.20. The number of rotatable bonds is 7. The maximum atomic E-state index is 6.11. The molecule has 0 aliphatic carbocycles. The summed E-state index contributed by atoms with van der Waals surface area (Å²) >= 11 is 0. The third kappa shape index (κ3) is 3.22. The fourth-order valence-corrected chi connectivity index (χ4v) is 5.68. The second-order valence-corrected chi connectivity index (χ2v) is 8.04. The first-order valence-corrected chi connectivity index (χ1v) is 9.00. The van der Waals surface area contributed by atoms with E-state index in [1.807, 2.05) is 0 Å². The van der Waals surface area contributed by atoms with Crippen molar-refractivity contribution in [1.82, 2.24) is 0 Å². The maximum Gasteiger partial charge on any atom is 0.372 e. The summed E-state index contributed by atoms with van der Waals surface area (Å²) in [6.45, 7) is 12.2. The van der Waals surface area contributed by atoms with Crippen LogP contribution in [0.25, 0.3) is 0 Å². The minimum atomic E-state index is -2.25. The Morgan fingerprint density at radius 3 is 2.00 bits per heavy atom. The second-order valence-electron chi connectivity index (χ2n) is 4.71. The van der Waals surface area contributed by atoms with Gasteiger partial charge in [-0.1, -0.05) is 45.0 Å². The van der Waals surface area contributed by atoms with Gasteiger partial charge < -0.3 is 8.85 Å². The lowest BCUT2D eigenvalue weighted by Crippen LogP contribution is -2.54. The second kappa shape index (κ2) is 7.07. The highest BCUT2D eigenvalue weighted by Gasteiger charge is 2.39. The van der Waals surface area contributed by atoms with Crippen molar-refractivity contribution in [2.75, 3.05) is 13.2 Å². The molecule has 1 aromatic carbocycles. The highest BCUT2D eigenvalue weighted by atomic mass is 28.4. The van der Waals surface area contributed by atoms with Crippen LogP contribution in [0.2, 0.25) is 6.04 Å². The lowest BCUT2D eigenvalue weighted by Gasteiger charge is -2.31. The van der Waals surface area contributed by atoms with Crippen molar-refractivity contribution in [3.8, 4) is 0 Å². The third-order valence-corrected chi connectivity index (χ3v) is 6.93. The highest BCUT2D eigenvalue weighted by molar-refractivity contribution is 6.81. The molecule has 0 unspecified atom stereocenters. The summed E-state index contributed by atoms with van der Waals surface area (Å²) in [6, 6.07) is 9.55. The molecule has 0 aromatic heterocycles. The topological polar surface area (TPSA) is 18.5 Å². The first-order valence-electron chi connectivity index (χ1n) is 6.98. The third-order valence-electron chi connectivity index (χ3n) is 3.21. The van der Waals surface area contributed by atoms with Crippen LogP contribution in [0.15, 0.2) is 24.3 Å². The summed E-state index contributed by atoms with van der Waals surface area (Å²) in [5, 5.41) is 1.31. The molecule has 0 aliphatic rings. The average Bonchev–Trinajstić information content (AvgIpc) is 2.38. The quantitative estimate of drug-likeness (QED) is 0.703. The maximum absolute atomic E-state index is 6.11. The van der Waals surface area contributed by atoms with Crippen LogP contribution in [0.4, 0.5) is 0 Å². The van der Waals surface area contributed by atoms with Gasteiger partial charge in [-0.25, -0.2) is 0 Å². The standard InChI is InChI=1S/C15H26O2Si/c1-6-16-18(8-3,17-7-2)15-12-10-9-11-14(15)13(4)5/h9-13H,6-8H2,1-5H3. The van der Waals surface area contributed by atoms with E-state index in [-0.39, 0.29) is 0 Å². The molecule has 0 heterocycles. The molecule has 0 saturated heterocycles. The minimum Gasteiger partial charge on any atom is -0.391 e. The molecule has 0 fully saturated rings.